The molecule has 0 unspecified atom stereocenters. The second-order valence-electron chi connectivity index (χ2n) is 5.47. The average molecular weight is 310 g/mol. The van der Waals surface area contributed by atoms with Crippen molar-refractivity contribution in [3.05, 3.63) is 47.8 Å². The fourth-order valence-electron chi connectivity index (χ4n) is 2.54. The second-order valence-corrected chi connectivity index (χ2v) is 5.99. The van der Waals surface area contributed by atoms with E-state index in [0.717, 1.165) is 29.0 Å². The SMILES string of the molecule is Cc1cc2nc(-c3cccnc3)n(CCC(N)=S)c2cc1C. The van der Waals surface area contributed by atoms with E-state index in [4.69, 9.17) is 22.9 Å². The predicted octanol–water partition coefficient (Wildman–Crippen LogP) is 3.39. The fraction of sp³-hybridized carbons (Fsp3) is 0.235. The Hall–Kier alpha value is -2.27. The molecule has 1 aromatic carbocycles. The number of imidazole rings is 1. The van der Waals surface area contributed by atoms with E-state index in [0.29, 0.717) is 11.4 Å². The first-order chi connectivity index (χ1) is 10.6. The minimum absolute atomic E-state index is 0.517. The summed E-state index contributed by atoms with van der Waals surface area (Å²) in [6, 6.07) is 8.24. The summed E-state index contributed by atoms with van der Waals surface area (Å²) in [6.07, 6.45) is 4.25. The molecule has 0 atom stereocenters. The summed E-state index contributed by atoms with van der Waals surface area (Å²) < 4.78 is 2.18. The molecule has 0 bridgehead atoms. The van der Waals surface area contributed by atoms with Crippen molar-refractivity contribution in [3.8, 4) is 11.4 Å². The van der Waals surface area contributed by atoms with Crippen molar-refractivity contribution < 1.29 is 0 Å². The molecule has 0 radical (unpaired) electrons. The summed E-state index contributed by atoms with van der Waals surface area (Å²) >= 11 is 5.03. The molecule has 112 valence electrons. The van der Waals surface area contributed by atoms with Gasteiger partial charge in [0.1, 0.15) is 5.82 Å². The highest BCUT2D eigenvalue weighted by atomic mass is 32.1. The monoisotopic (exact) mass is 310 g/mol. The van der Waals surface area contributed by atoms with Crippen LogP contribution in [0.5, 0.6) is 0 Å². The maximum atomic E-state index is 5.68. The zero-order valence-electron chi connectivity index (χ0n) is 12.7. The van der Waals surface area contributed by atoms with Gasteiger partial charge in [0.2, 0.25) is 0 Å². The third kappa shape index (κ3) is 2.72. The Bertz CT molecular complexity index is 837. The van der Waals surface area contributed by atoms with Crippen LogP contribution in [0.2, 0.25) is 0 Å². The number of hydrogen-bond acceptors (Lipinski definition) is 3. The van der Waals surface area contributed by atoms with Crippen LogP contribution in [0.3, 0.4) is 0 Å². The summed E-state index contributed by atoms with van der Waals surface area (Å²) in [5.74, 6) is 0.907. The number of aromatic nitrogens is 3. The zero-order valence-corrected chi connectivity index (χ0v) is 13.5. The lowest BCUT2D eigenvalue weighted by molar-refractivity contribution is 0.756. The van der Waals surface area contributed by atoms with Crippen molar-refractivity contribution in [2.75, 3.05) is 0 Å². The van der Waals surface area contributed by atoms with E-state index in [9.17, 15) is 0 Å². The van der Waals surface area contributed by atoms with Crippen molar-refractivity contribution in [1.29, 1.82) is 0 Å². The van der Waals surface area contributed by atoms with Crippen molar-refractivity contribution >= 4 is 28.2 Å². The highest BCUT2D eigenvalue weighted by Gasteiger charge is 2.14. The van der Waals surface area contributed by atoms with Crippen LogP contribution in [0, 0.1) is 13.8 Å². The quantitative estimate of drug-likeness (QED) is 0.750. The molecule has 3 rings (SSSR count). The first-order valence-corrected chi connectivity index (χ1v) is 7.63. The second kappa shape index (κ2) is 5.85. The molecule has 2 N–H and O–H groups in total. The van der Waals surface area contributed by atoms with E-state index in [1.807, 2.05) is 18.3 Å². The average Bonchev–Trinajstić information content (AvgIpc) is 2.84. The first-order valence-electron chi connectivity index (χ1n) is 7.22. The highest BCUT2D eigenvalue weighted by molar-refractivity contribution is 7.80. The maximum absolute atomic E-state index is 5.68. The summed E-state index contributed by atoms with van der Waals surface area (Å²) in [7, 11) is 0. The minimum Gasteiger partial charge on any atom is -0.393 e. The third-order valence-electron chi connectivity index (χ3n) is 3.87. The zero-order chi connectivity index (χ0) is 15.7. The molecule has 3 aromatic rings. The van der Waals surface area contributed by atoms with Gasteiger partial charge >= 0.3 is 0 Å². The molecule has 0 amide bonds. The van der Waals surface area contributed by atoms with Gasteiger partial charge in [0.15, 0.2) is 0 Å². The number of aryl methyl sites for hydroxylation is 3. The molecular weight excluding hydrogens is 292 g/mol. The van der Waals surface area contributed by atoms with E-state index >= 15 is 0 Å². The molecule has 4 nitrogen and oxygen atoms in total. The summed E-state index contributed by atoms with van der Waals surface area (Å²) in [5, 5.41) is 0. The third-order valence-corrected chi connectivity index (χ3v) is 4.07. The molecular formula is C17H18N4S. The Balaban J connectivity index is 2.21. The smallest absolute Gasteiger partial charge is 0.142 e. The van der Waals surface area contributed by atoms with Gasteiger partial charge in [-0.05, 0) is 49.2 Å². The van der Waals surface area contributed by atoms with E-state index in [1.165, 1.54) is 11.1 Å². The Morgan fingerprint density at radius 3 is 2.73 bits per heavy atom. The van der Waals surface area contributed by atoms with E-state index < -0.39 is 0 Å². The van der Waals surface area contributed by atoms with Crippen molar-refractivity contribution in [3.63, 3.8) is 0 Å². The number of fused-ring (bicyclic) bond motifs is 1. The standard InChI is InChI=1S/C17H18N4S/c1-11-8-14-15(9-12(11)2)21(7-5-16(18)22)17(20-14)13-4-3-6-19-10-13/h3-4,6,8-10H,5,7H2,1-2H3,(H2,18,22). The highest BCUT2D eigenvalue weighted by Crippen LogP contribution is 2.26. The number of pyridine rings is 1. The van der Waals surface area contributed by atoms with Gasteiger partial charge in [-0.25, -0.2) is 4.98 Å². The molecule has 2 heterocycles. The molecule has 0 aliphatic carbocycles. The van der Waals surface area contributed by atoms with Gasteiger partial charge in [-0.1, -0.05) is 12.2 Å². The van der Waals surface area contributed by atoms with Gasteiger partial charge in [-0.2, -0.15) is 0 Å². The van der Waals surface area contributed by atoms with Crippen LogP contribution < -0.4 is 5.73 Å². The number of rotatable bonds is 4. The minimum atomic E-state index is 0.517. The fourth-order valence-corrected chi connectivity index (χ4v) is 2.64. The van der Waals surface area contributed by atoms with Crippen LogP contribution in [0.15, 0.2) is 36.7 Å². The Labute approximate surface area is 135 Å². The largest absolute Gasteiger partial charge is 0.393 e. The van der Waals surface area contributed by atoms with Crippen LogP contribution in [0.4, 0.5) is 0 Å². The molecule has 0 saturated heterocycles. The molecule has 0 spiro atoms. The van der Waals surface area contributed by atoms with E-state index in [-0.39, 0.29) is 0 Å². The number of nitrogens with zero attached hydrogens (tertiary/aromatic N) is 3. The van der Waals surface area contributed by atoms with Gasteiger partial charge in [0.25, 0.3) is 0 Å². The Morgan fingerprint density at radius 1 is 1.27 bits per heavy atom. The van der Waals surface area contributed by atoms with Crippen molar-refractivity contribution in [2.45, 2.75) is 26.8 Å². The summed E-state index contributed by atoms with van der Waals surface area (Å²) in [6.45, 7) is 4.94. The number of benzene rings is 1. The first kappa shape index (κ1) is 14.7. The maximum Gasteiger partial charge on any atom is 0.142 e. The molecule has 2 aromatic heterocycles. The normalized spacial score (nSPS) is 11.0. The van der Waals surface area contributed by atoms with Crippen LogP contribution >= 0.6 is 12.2 Å². The summed E-state index contributed by atoms with van der Waals surface area (Å²) in [5.41, 5.74) is 11.3. The molecule has 0 aliphatic rings. The van der Waals surface area contributed by atoms with Gasteiger partial charge < -0.3 is 10.3 Å². The number of hydrogen-bond donors (Lipinski definition) is 1. The van der Waals surface area contributed by atoms with E-state index in [1.54, 1.807) is 6.20 Å². The lowest BCUT2D eigenvalue weighted by Gasteiger charge is -2.09. The lowest BCUT2D eigenvalue weighted by Crippen LogP contribution is -2.12. The number of nitrogens with two attached hydrogens (primary N) is 1. The molecule has 22 heavy (non-hydrogen) atoms. The van der Waals surface area contributed by atoms with Crippen molar-refractivity contribution in [2.24, 2.45) is 5.73 Å². The molecule has 0 aliphatic heterocycles. The molecule has 5 heteroatoms. The Morgan fingerprint density at radius 2 is 2.05 bits per heavy atom. The van der Waals surface area contributed by atoms with Crippen LogP contribution in [0.1, 0.15) is 17.5 Å². The number of thiocarbonyl (C=S) groups is 1. The van der Waals surface area contributed by atoms with Crippen molar-refractivity contribution in [1.82, 2.24) is 14.5 Å². The lowest BCUT2D eigenvalue weighted by atomic mass is 10.1. The predicted molar refractivity (Wildman–Crippen MR) is 93.8 cm³/mol. The van der Waals surface area contributed by atoms with Gasteiger partial charge in [-0.3, -0.25) is 4.98 Å². The van der Waals surface area contributed by atoms with Gasteiger partial charge in [-0.15, -0.1) is 0 Å². The molecule has 0 saturated carbocycles. The Kier molecular flexibility index (Phi) is 3.90. The van der Waals surface area contributed by atoms with Gasteiger partial charge in [0, 0.05) is 30.9 Å². The molecule has 0 fully saturated rings. The van der Waals surface area contributed by atoms with Gasteiger partial charge in [0.05, 0.1) is 16.0 Å². The summed E-state index contributed by atoms with van der Waals surface area (Å²) in [4.78, 5) is 9.52. The van der Waals surface area contributed by atoms with E-state index in [2.05, 4.69) is 35.5 Å². The van der Waals surface area contributed by atoms with Crippen LogP contribution in [-0.2, 0) is 6.54 Å². The van der Waals surface area contributed by atoms with Crippen LogP contribution in [0.25, 0.3) is 22.4 Å². The van der Waals surface area contributed by atoms with Crippen LogP contribution in [-0.4, -0.2) is 19.5 Å². The topological polar surface area (TPSA) is 56.7 Å².